The van der Waals surface area contributed by atoms with Crippen molar-refractivity contribution in [1.82, 2.24) is 16.0 Å². The molecule has 0 radical (unpaired) electrons. The molecule has 1 fully saturated rings. The lowest BCUT2D eigenvalue weighted by molar-refractivity contribution is 0.0928. The quantitative estimate of drug-likeness (QED) is 0.318. The number of aryl methyl sites for hydroxylation is 1. The van der Waals surface area contributed by atoms with Gasteiger partial charge in [-0.1, -0.05) is 50.3 Å². The second kappa shape index (κ2) is 13.7. The monoisotopic (exact) mass is 480 g/mol. The molecule has 2 aromatic rings. The first-order chi connectivity index (χ1) is 17.0. The number of nitrogens with zero attached hydrogens (tertiary/aromatic N) is 1. The highest BCUT2D eigenvalue weighted by molar-refractivity contribution is 5.95. The van der Waals surface area contributed by atoms with Crippen LogP contribution in [0.4, 0.5) is 16.2 Å². The molecule has 2 amide bonds. The van der Waals surface area contributed by atoms with Gasteiger partial charge in [-0.3, -0.25) is 4.79 Å². The summed E-state index contributed by atoms with van der Waals surface area (Å²) in [6, 6.07) is 16.0. The molecule has 2 aromatic carbocycles. The maximum absolute atomic E-state index is 13.2. The maximum atomic E-state index is 13.2. The molecule has 1 aliphatic carbocycles. The van der Waals surface area contributed by atoms with Gasteiger partial charge in [-0.05, 0) is 68.6 Å². The highest BCUT2D eigenvalue weighted by Crippen LogP contribution is 2.29. The molecule has 0 aromatic heterocycles. The van der Waals surface area contributed by atoms with Crippen LogP contribution in [0.2, 0.25) is 0 Å². The fourth-order valence-corrected chi connectivity index (χ4v) is 4.98. The van der Waals surface area contributed by atoms with Crippen LogP contribution in [0.25, 0.3) is 0 Å². The number of rotatable bonds is 12. The number of carbonyl (C=O) groups excluding carboxylic acids is 1. The van der Waals surface area contributed by atoms with Gasteiger partial charge in [0.2, 0.25) is 0 Å². The molecule has 190 valence electrons. The average Bonchev–Trinajstić information content (AvgIpc) is 2.84. The molecular weight excluding hydrogens is 440 g/mol. The number of carboxylic acid groups (broad SMARTS) is 1. The fourth-order valence-electron chi connectivity index (χ4n) is 4.98. The first kappa shape index (κ1) is 26.5. The molecule has 7 heteroatoms. The van der Waals surface area contributed by atoms with Gasteiger partial charge in [-0.15, -0.1) is 0 Å². The summed E-state index contributed by atoms with van der Waals surface area (Å²) in [4.78, 5) is 26.2. The summed E-state index contributed by atoms with van der Waals surface area (Å²) in [6.07, 6.45) is 7.07. The predicted octanol–water partition coefficient (Wildman–Crippen LogP) is 5.08. The normalized spacial score (nSPS) is 14.8. The van der Waals surface area contributed by atoms with Gasteiger partial charge in [0, 0.05) is 42.6 Å². The first-order valence-electron chi connectivity index (χ1n) is 12.8. The molecule has 0 saturated heterocycles. The van der Waals surface area contributed by atoms with Crippen molar-refractivity contribution >= 4 is 23.4 Å². The summed E-state index contributed by atoms with van der Waals surface area (Å²) in [7, 11) is 1.93. The Labute approximate surface area is 209 Å². The first-order valence-corrected chi connectivity index (χ1v) is 12.8. The molecule has 3 rings (SSSR count). The van der Waals surface area contributed by atoms with Crippen molar-refractivity contribution in [3.8, 4) is 0 Å². The molecule has 0 heterocycles. The summed E-state index contributed by atoms with van der Waals surface area (Å²) in [5.41, 5.74) is 3.70. The number of carbonyl (C=O) groups is 2. The highest BCUT2D eigenvalue weighted by Gasteiger charge is 2.21. The lowest BCUT2D eigenvalue weighted by Gasteiger charge is -2.28. The summed E-state index contributed by atoms with van der Waals surface area (Å²) < 4.78 is 0. The Kier molecular flexibility index (Phi) is 10.4. The number of benzene rings is 2. The van der Waals surface area contributed by atoms with E-state index in [-0.39, 0.29) is 11.9 Å². The third-order valence-corrected chi connectivity index (χ3v) is 6.70. The molecule has 1 saturated carbocycles. The second-order valence-electron chi connectivity index (χ2n) is 9.59. The highest BCUT2D eigenvalue weighted by atomic mass is 16.4. The van der Waals surface area contributed by atoms with E-state index in [0.29, 0.717) is 31.0 Å². The zero-order valence-electron chi connectivity index (χ0n) is 21.1. The topological polar surface area (TPSA) is 93.7 Å². The van der Waals surface area contributed by atoms with Gasteiger partial charge >= 0.3 is 6.09 Å². The Morgan fingerprint density at radius 1 is 1.06 bits per heavy atom. The number of hydrogen-bond acceptors (Lipinski definition) is 4. The Morgan fingerprint density at radius 2 is 1.77 bits per heavy atom. The van der Waals surface area contributed by atoms with Crippen LogP contribution in [-0.2, 0) is 0 Å². The van der Waals surface area contributed by atoms with Crippen LogP contribution >= 0.6 is 0 Å². The van der Waals surface area contributed by atoms with E-state index < -0.39 is 6.09 Å². The van der Waals surface area contributed by atoms with E-state index in [4.69, 9.17) is 5.11 Å². The van der Waals surface area contributed by atoms with Gasteiger partial charge in [-0.2, -0.15) is 0 Å². The SMILES string of the molecule is CNC[C@H](CC1CCCCC1)NC(=O)c1cccc(N(CCCNC(=O)O)c2cccc(C)c2)c1. The molecule has 0 aliphatic heterocycles. The second-order valence-corrected chi connectivity index (χ2v) is 9.59. The molecule has 4 N–H and O–H groups in total. The van der Waals surface area contributed by atoms with E-state index in [0.717, 1.165) is 29.9 Å². The third-order valence-electron chi connectivity index (χ3n) is 6.70. The Morgan fingerprint density at radius 3 is 2.46 bits per heavy atom. The minimum Gasteiger partial charge on any atom is -0.465 e. The number of hydrogen-bond donors (Lipinski definition) is 4. The van der Waals surface area contributed by atoms with Crippen LogP contribution in [0.5, 0.6) is 0 Å². The zero-order valence-corrected chi connectivity index (χ0v) is 21.1. The van der Waals surface area contributed by atoms with Crippen molar-refractivity contribution in [3.05, 3.63) is 59.7 Å². The number of anilines is 2. The van der Waals surface area contributed by atoms with E-state index >= 15 is 0 Å². The van der Waals surface area contributed by atoms with Gasteiger partial charge in [-0.25, -0.2) is 4.79 Å². The standard InChI is InChI=1S/C28H40N4O3/c1-21-9-6-13-25(17-21)32(16-8-15-30-28(34)35)26-14-7-12-23(19-26)27(33)31-24(20-29-2)18-22-10-4-3-5-11-22/h6-7,9,12-14,17,19,22,24,29-30H,3-5,8,10-11,15-16,18,20H2,1-2H3,(H,31,33)(H,34,35)/t24-/m0/s1. The van der Waals surface area contributed by atoms with Crippen molar-refractivity contribution in [3.63, 3.8) is 0 Å². The van der Waals surface area contributed by atoms with Crippen LogP contribution in [0.1, 0.15) is 60.9 Å². The van der Waals surface area contributed by atoms with Gasteiger partial charge in [0.15, 0.2) is 0 Å². The molecule has 0 unspecified atom stereocenters. The lowest BCUT2D eigenvalue weighted by atomic mass is 9.84. The van der Waals surface area contributed by atoms with E-state index in [1.54, 1.807) is 0 Å². The Bertz CT molecular complexity index is 959. The van der Waals surface area contributed by atoms with Crippen molar-refractivity contribution in [2.45, 2.75) is 57.9 Å². The lowest BCUT2D eigenvalue weighted by Crippen LogP contribution is -2.42. The van der Waals surface area contributed by atoms with Crippen molar-refractivity contribution < 1.29 is 14.7 Å². The summed E-state index contributed by atoms with van der Waals surface area (Å²) >= 11 is 0. The maximum Gasteiger partial charge on any atom is 0.404 e. The van der Waals surface area contributed by atoms with Crippen LogP contribution in [0.3, 0.4) is 0 Å². The molecule has 7 nitrogen and oxygen atoms in total. The zero-order chi connectivity index (χ0) is 25.0. The molecular formula is C28H40N4O3. The Hall–Kier alpha value is -3.06. The minimum absolute atomic E-state index is 0.0559. The smallest absolute Gasteiger partial charge is 0.404 e. The minimum atomic E-state index is -1.02. The van der Waals surface area contributed by atoms with E-state index in [1.165, 1.54) is 32.1 Å². The van der Waals surface area contributed by atoms with Crippen LogP contribution in [0, 0.1) is 12.8 Å². The predicted molar refractivity (Wildman–Crippen MR) is 142 cm³/mol. The molecule has 1 aliphatic rings. The molecule has 1 atom stereocenters. The summed E-state index contributed by atoms with van der Waals surface area (Å²) in [6.45, 7) is 3.79. The molecule has 35 heavy (non-hydrogen) atoms. The van der Waals surface area contributed by atoms with Crippen LogP contribution in [-0.4, -0.2) is 49.8 Å². The number of amides is 2. The van der Waals surface area contributed by atoms with Gasteiger partial charge in [0.25, 0.3) is 5.91 Å². The van der Waals surface area contributed by atoms with Crippen LogP contribution in [0.15, 0.2) is 48.5 Å². The Balaban J connectivity index is 1.74. The van der Waals surface area contributed by atoms with Crippen molar-refractivity contribution in [2.24, 2.45) is 5.92 Å². The van der Waals surface area contributed by atoms with Gasteiger partial charge in [0.1, 0.15) is 0 Å². The molecule has 0 bridgehead atoms. The number of likely N-dealkylation sites (N-methyl/N-ethyl adjacent to an activating group) is 1. The summed E-state index contributed by atoms with van der Waals surface area (Å²) in [5, 5.41) is 17.8. The molecule has 0 spiro atoms. The largest absolute Gasteiger partial charge is 0.465 e. The third kappa shape index (κ3) is 8.58. The van der Waals surface area contributed by atoms with E-state index in [9.17, 15) is 9.59 Å². The van der Waals surface area contributed by atoms with Crippen molar-refractivity contribution in [2.75, 3.05) is 31.6 Å². The summed E-state index contributed by atoms with van der Waals surface area (Å²) in [5.74, 6) is 0.629. The van der Waals surface area contributed by atoms with Gasteiger partial charge < -0.3 is 26.0 Å². The fraction of sp³-hybridized carbons (Fsp3) is 0.500. The van der Waals surface area contributed by atoms with E-state index in [2.05, 4.69) is 26.9 Å². The van der Waals surface area contributed by atoms with Gasteiger partial charge in [0.05, 0.1) is 0 Å². The average molecular weight is 481 g/mol. The van der Waals surface area contributed by atoms with Crippen molar-refractivity contribution in [1.29, 1.82) is 0 Å². The van der Waals surface area contributed by atoms with Crippen LogP contribution < -0.4 is 20.9 Å². The number of nitrogens with one attached hydrogen (secondary N) is 3. The van der Waals surface area contributed by atoms with E-state index in [1.807, 2.05) is 56.4 Å².